The van der Waals surface area contributed by atoms with E-state index in [0.717, 1.165) is 4.68 Å². The Morgan fingerprint density at radius 2 is 2.06 bits per heavy atom. The number of aromatic nitrogens is 4. The molecule has 3 heterocycles. The molecule has 19 heteroatoms. The van der Waals surface area contributed by atoms with Gasteiger partial charge in [0, 0.05) is 17.0 Å². The molecular weight excluding hydrogens is 502 g/mol. The number of H-pyrrole nitrogens is 1. The predicted octanol–water partition coefficient (Wildman–Crippen LogP) is -1.21. The van der Waals surface area contributed by atoms with Crippen molar-refractivity contribution in [3.8, 4) is 0 Å². The lowest BCUT2D eigenvalue weighted by atomic mass is 9.97. The number of hydrazine groups is 1. The van der Waals surface area contributed by atoms with Crippen molar-refractivity contribution in [1.82, 2.24) is 20.0 Å². The molecule has 34 heavy (non-hydrogen) atoms. The molecule has 5 atom stereocenters. The van der Waals surface area contributed by atoms with Crippen LogP contribution in [0.25, 0.3) is 21.7 Å². The van der Waals surface area contributed by atoms with Crippen molar-refractivity contribution in [3.05, 3.63) is 28.8 Å². The number of anilines is 1. The minimum atomic E-state index is -5.35. The Bertz CT molecular complexity index is 1400. The van der Waals surface area contributed by atoms with Crippen LogP contribution in [0.15, 0.2) is 23.3 Å². The Balaban J connectivity index is 1.70. The van der Waals surface area contributed by atoms with Gasteiger partial charge in [-0.2, -0.15) is 14.5 Å². The number of phosphoric acid groups is 2. The molecule has 1 saturated heterocycles. The number of phosphoric ester groups is 1. The summed E-state index contributed by atoms with van der Waals surface area (Å²) in [4.78, 5) is 39.1. The largest absolute Gasteiger partial charge is 0.481 e. The third-order valence-corrected chi connectivity index (χ3v) is 7.37. The van der Waals surface area contributed by atoms with E-state index in [4.69, 9.17) is 20.4 Å². The van der Waals surface area contributed by atoms with Gasteiger partial charge in [-0.3, -0.25) is 15.2 Å². The van der Waals surface area contributed by atoms with Gasteiger partial charge in [0.1, 0.15) is 23.3 Å². The molecule has 1 fully saturated rings. The molecule has 1 aliphatic rings. The molecule has 0 saturated carbocycles. The van der Waals surface area contributed by atoms with Crippen LogP contribution in [0.2, 0.25) is 0 Å². The Labute approximate surface area is 188 Å². The average Bonchev–Trinajstić information content (AvgIpc) is 3.13. The molecule has 0 aliphatic carbocycles. The number of nitrogens with one attached hydrogen (secondary N) is 2. The Kier molecular flexibility index (Phi) is 6.17. The van der Waals surface area contributed by atoms with Gasteiger partial charge in [-0.15, -0.1) is 0 Å². The van der Waals surface area contributed by atoms with Gasteiger partial charge in [0.2, 0.25) is 0 Å². The average molecular weight is 522 g/mol. The molecule has 1 unspecified atom stereocenters. The molecule has 1 aliphatic heterocycles. The lowest BCUT2D eigenvalue weighted by Crippen LogP contribution is -2.44. The number of aliphatic hydroxyl groups excluding tert-OH is 1. The first-order valence-corrected chi connectivity index (χ1v) is 12.4. The molecule has 0 radical (unpaired) electrons. The molecule has 17 nitrogen and oxygen atoms in total. The molecule has 186 valence electrons. The smallest absolute Gasteiger partial charge is 0.387 e. The molecule has 0 bridgehead atoms. The van der Waals surface area contributed by atoms with Crippen molar-refractivity contribution >= 4 is 43.0 Å². The number of nitrogens with zero attached hydrogens (tertiary/aromatic N) is 3. The highest BCUT2D eigenvalue weighted by molar-refractivity contribution is 7.60. The van der Waals surface area contributed by atoms with E-state index in [1.54, 1.807) is 0 Å². The zero-order chi connectivity index (χ0) is 25.1. The standard InChI is InChI=1S/C15H20N6O11P2/c1-15(24)12(22)10(5-30-34(28,29)32-33(25,26)27)31-14(15)21-4-7-8(18-16)2-6-11(7)9(20-21)3-17-19-13(6)23/h2-4,10,12,14,18,22,24H,5,16H2,1H3,(H,19,23)(H,28,29)(H2,25,26,27)/t10-,12-,14-,15-/m1/s1. The first-order chi connectivity index (χ1) is 15.7. The second-order valence-corrected chi connectivity index (χ2v) is 10.5. The molecular formula is C15H20N6O11P2. The molecule has 0 amide bonds. The van der Waals surface area contributed by atoms with Crippen LogP contribution >= 0.6 is 15.6 Å². The third kappa shape index (κ3) is 4.51. The lowest BCUT2D eigenvalue weighted by molar-refractivity contribution is -0.102. The van der Waals surface area contributed by atoms with E-state index in [0.29, 0.717) is 16.5 Å². The van der Waals surface area contributed by atoms with Gasteiger partial charge in [-0.05, 0) is 13.0 Å². The van der Waals surface area contributed by atoms with Crippen molar-refractivity contribution in [1.29, 1.82) is 0 Å². The van der Waals surface area contributed by atoms with Gasteiger partial charge in [-0.1, -0.05) is 0 Å². The monoisotopic (exact) mass is 522 g/mol. The summed E-state index contributed by atoms with van der Waals surface area (Å²) in [6, 6.07) is 1.48. The molecule has 4 rings (SSSR count). The summed E-state index contributed by atoms with van der Waals surface area (Å²) < 4.78 is 37.5. The van der Waals surface area contributed by atoms with Crippen LogP contribution in [0.4, 0.5) is 5.69 Å². The minimum Gasteiger partial charge on any atom is -0.387 e. The number of rotatable bonds is 7. The second-order valence-electron chi connectivity index (χ2n) is 7.63. The number of aromatic amines is 1. The van der Waals surface area contributed by atoms with E-state index in [9.17, 15) is 29.0 Å². The van der Waals surface area contributed by atoms with Crippen LogP contribution in [0.5, 0.6) is 0 Å². The van der Waals surface area contributed by atoms with E-state index in [2.05, 4.69) is 29.6 Å². The normalized spacial score (nSPS) is 27.3. The Hall–Kier alpha value is -2.27. The summed E-state index contributed by atoms with van der Waals surface area (Å²) in [6.45, 7) is 0.328. The van der Waals surface area contributed by atoms with E-state index < -0.39 is 51.8 Å². The highest BCUT2D eigenvalue weighted by atomic mass is 31.3. The summed E-state index contributed by atoms with van der Waals surface area (Å²) in [5.41, 5.74) is 0.484. The van der Waals surface area contributed by atoms with Gasteiger partial charge >= 0.3 is 15.6 Å². The number of aliphatic hydroxyl groups is 2. The van der Waals surface area contributed by atoms with Crippen LogP contribution in [0, 0.1) is 0 Å². The number of ether oxygens (including phenoxy) is 1. The van der Waals surface area contributed by atoms with Crippen molar-refractivity contribution in [3.63, 3.8) is 0 Å². The van der Waals surface area contributed by atoms with Gasteiger partial charge in [0.05, 0.1) is 23.9 Å². The second kappa shape index (κ2) is 8.44. The van der Waals surface area contributed by atoms with Crippen molar-refractivity contribution < 1.29 is 47.6 Å². The zero-order valence-corrected chi connectivity index (χ0v) is 19.0. The minimum absolute atomic E-state index is 0.204. The van der Waals surface area contributed by atoms with Crippen molar-refractivity contribution in [2.24, 2.45) is 5.84 Å². The van der Waals surface area contributed by atoms with Crippen LogP contribution < -0.4 is 16.8 Å². The van der Waals surface area contributed by atoms with Gasteiger partial charge in [-0.25, -0.2) is 18.9 Å². The van der Waals surface area contributed by atoms with E-state index >= 15 is 0 Å². The number of nitrogen functional groups attached to an aromatic ring is 1. The van der Waals surface area contributed by atoms with Gasteiger partial charge in [0.15, 0.2) is 6.23 Å². The molecule has 2 aromatic heterocycles. The fourth-order valence-electron chi connectivity index (χ4n) is 3.73. The van der Waals surface area contributed by atoms with Gasteiger partial charge < -0.3 is 35.1 Å². The van der Waals surface area contributed by atoms with E-state index in [1.807, 2.05) is 0 Å². The maximum atomic E-state index is 12.2. The third-order valence-electron chi connectivity index (χ3n) is 5.22. The Morgan fingerprint density at radius 3 is 2.71 bits per heavy atom. The fourth-order valence-corrected chi connectivity index (χ4v) is 5.33. The molecule has 3 aromatic rings. The predicted molar refractivity (Wildman–Crippen MR) is 113 cm³/mol. The van der Waals surface area contributed by atoms with Crippen LogP contribution in [0.1, 0.15) is 13.2 Å². The summed E-state index contributed by atoms with van der Waals surface area (Å²) in [5.74, 6) is 5.56. The molecule has 1 aromatic carbocycles. The van der Waals surface area contributed by atoms with Gasteiger partial charge in [0.25, 0.3) is 5.56 Å². The van der Waals surface area contributed by atoms with Crippen LogP contribution in [0.3, 0.4) is 0 Å². The van der Waals surface area contributed by atoms with Crippen molar-refractivity contribution in [2.75, 3.05) is 12.0 Å². The zero-order valence-electron chi connectivity index (χ0n) is 17.2. The number of hydrogen-bond acceptors (Lipinski definition) is 12. The lowest BCUT2D eigenvalue weighted by Gasteiger charge is -2.27. The summed E-state index contributed by atoms with van der Waals surface area (Å²) in [6.07, 6.45) is -1.87. The first kappa shape index (κ1) is 24.8. The quantitative estimate of drug-likeness (QED) is 0.103. The SMILES string of the molecule is C[C@@]1(O)[C@H](O)[C@@H](COP(=O)(O)OP(=O)(O)O)O[C@H]1n1cc2c(NN)cc3c(=O)[nH]ncc(n1)c23. The van der Waals surface area contributed by atoms with Crippen LogP contribution in [-0.2, 0) is 22.7 Å². The maximum Gasteiger partial charge on any atom is 0.481 e. The first-order valence-electron chi connectivity index (χ1n) is 9.39. The van der Waals surface area contributed by atoms with E-state index in [-0.39, 0.29) is 10.9 Å². The molecule has 0 spiro atoms. The number of nitrogens with two attached hydrogens (primary N) is 1. The number of hydrogen-bond donors (Lipinski definition) is 8. The summed E-state index contributed by atoms with van der Waals surface area (Å²) in [5, 5.41) is 32.9. The summed E-state index contributed by atoms with van der Waals surface area (Å²) >= 11 is 0. The Morgan fingerprint density at radius 1 is 1.35 bits per heavy atom. The van der Waals surface area contributed by atoms with Crippen LogP contribution in [-0.4, -0.2) is 69.3 Å². The maximum absolute atomic E-state index is 12.2. The fraction of sp³-hybridized carbons (Fsp3) is 0.400. The summed E-state index contributed by atoms with van der Waals surface area (Å²) in [7, 11) is -10.6. The van der Waals surface area contributed by atoms with Crippen molar-refractivity contribution in [2.45, 2.75) is 31.0 Å². The highest BCUT2D eigenvalue weighted by Crippen LogP contribution is 2.58. The molecule has 9 N–H and O–H groups in total. The van der Waals surface area contributed by atoms with E-state index in [1.165, 1.54) is 25.4 Å². The highest BCUT2D eigenvalue weighted by Gasteiger charge is 2.54. The topological polar surface area (TPSA) is 265 Å².